The van der Waals surface area contributed by atoms with Crippen molar-refractivity contribution in [3.05, 3.63) is 124 Å². The molecule has 0 aliphatic heterocycles. The van der Waals surface area contributed by atoms with Crippen LogP contribution in [-0.4, -0.2) is 33.7 Å². The van der Waals surface area contributed by atoms with Crippen molar-refractivity contribution >= 4 is 41.1 Å². The van der Waals surface area contributed by atoms with Crippen LogP contribution in [0.3, 0.4) is 0 Å². The van der Waals surface area contributed by atoms with E-state index in [0.29, 0.717) is 28.5 Å². The highest BCUT2D eigenvalue weighted by atomic mass is 16.6. The number of aliphatic carboxylic acids is 1. The van der Waals surface area contributed by atoms with Gasteiger partial charge in [0.1, 0.15) is 5.70 Å². The summed E-state index contributed by atoms with van der Waals surface area (Å²) < 4.78 is 0. The number of para-hydroxylation sites is 1. The van der Waals surface area contributed by atoms with Gasteiger partial charge in [-0.3, -0.25) is 24.5 Å². The van der Waals surface area contributed by atoms with E-state index in [1.807, 2.05) is 0 Å². The van der Waals surface area contributed by atoms with Gasteiger partial charge in [0.2, 0.25) is 5.91 Å². The lowest BCUT2D eigenvalue weighted by atomic mass is 10.1. The van der Waals surface area contributed by atoms with E-state index in [1.165, 1.54) is 30.3 Å². The Bertz CT molecular complexity index is 1410. The molecule has 11 heteroatoms. The van der Waals surface area contributed by atoms with Gasteiger partial charge in [-0.15, -0.1) is 0 Å². The molecule has 3 rings (SSSR count). The van der Waals surface area contributed by atoms with Gasteiger partial charge in [-0.2, -0.15) is 0 Å². The summed E-state index contributed by atoms with van der Waals surface area (Å²) in [4.78, 5) is 58.9. The van der Waals surface area contributed by atoms with Crippen LogP contribution < -0.4 is 16.0 Å². The molecule has 4 N–H and O–H groups in total. The third-order valence-electron chi connectivity index (χ3n) is 5.04. The van der Waals surface area contributed by atoms with Crippen LogP contribution in [0.5, 0.6) is 0 Å². The number of non-ortho nitro benzene ring substituents is 1. The summed E-state index contributed by atoms with van der Waals surface area (Å²) >= 11 is 0. The predicted octanol–water partition coefficient (Wildman–Crippen LogP) is 3.26. The molecule has 3 amide bonds. The number of nitro groups is 1. The van der Waals surface area contributed by atoms with E-state index in [9.17, 15) is 29.3 Å². The molecule has 0 unspecified atom stereocenters. The Morgan fingerprint density at radius 1 is 0.868 bits per heavy atom. The Morgan fingerprint density at radius 3 is 2.18 bits per heavy atom. The van der Waals surface area contributed by atoms with Gasteiger partial charge in [-0.05, 0) is 47.5 Å². The van der Waals surface area contributed by atoms with Crippen molar-refractivity contribution in [2.24, 2.45) is 0 Å². The number of amides is 3. The first kappa shape index (κ1) is 27.0. The number of carbonyl (C=O) groups is 4. The molecule has 0 aromatic heterocycles. The van der Waals surface area contributed by atoms with Crippen molar-refractivity contribution < 1.29 is 29.2 Å². The molecule has 3 aromatic rings. The van der Waals surface area contributed by atoms with Crippen LogP contribution in [0.15, 0.2) is 96.7 Å². The van der Waals surface area contributed by atoms with Crippen LogP contribution in [0.2, 0.25) is 0 Å². The molecule has 192 valence electrons. The van der Waals surface area contributed by atoms with Gasteiger partial charge in [-0.25, -0.2) is 4.79 Å². The van der Waals surface area contributed by atoms with Gasteiger partial charge in [0, 0.05) is 42.1 Å². The second kappa shape index (κ2) is 12.9. The van der Waals surface area contributed by atoms with Gasteiger partial charge in [-0.1, -0.05) is 36.4 Å². The maximum absolute atomic E-state index is 13.1. The lowest BCUT2D eigenvalue weighted by Crippen LogP contribution is -2.34. The van der Waals surface area contributed by atoms with Crippen LogP contribution in [0, 0.1) is 10.1 Å². The average Bonchev–Trinajstić information content (AvgIpc) is 2.91. The normalized spacial score (nSPS) is 11.0. The van der Waals surface area contributed by atoms with Crippen LogP contribution in [0.4, 0.5) is 11.4 Å². The molecular weight excluding hydrogens is 492 g/mol. The van der Waals surface area contributed by atoms with E-state index in [1.54, 1.807) is 54.6 Å². The summed E-state index contributed by atoms with van der Waals surface area (Å²) in [6.45, 7) is -0.0449. The molecule has 0 fully saturated rings. The van der Waals surface area contributed by atoms with Crippen molar-refractivity contribution in [1.82, 2.24) is 10.6 Å². The van der Waals surface area contributed by atoms with Gasteiger partial charge in [0.15, 0.2) is 0 Å². The number of rotatable bonds is 10. The van der Waals surface area contributed by atoms with Crippen molar-refractivity contribution in [3.8, 4) is 0 Å². The first-order chi connectivity index (χ1) is 18.2. The first-order valence-corrected chi connectivity index (χ1v) is 11.1. The molecule has 0 saturated heterocycles. The molecule has 38 heavy (non-hydrogen) atoms. The monoisotopic (exact) mass is 514 g/mol. The number of hydrogen-bond donors (Lipinski definition) is 4. The van der Waals surface area contributed by atoms with E-state index in [0.717, 1.165) is 6.08 Å². The highest BCUT2D eigenvalue weighted by Gasteiger charge is 2.16. The Hall–Kier alpha value is -5.58. The number of nitro benzene ring substituents is 1. The number of nitrogens with one attached hydrogen (secondary N) is 3. The number of carbonyl (C=O) groups excluding carboxylic acids is 3. The van der Waals surface area contributed by atoms with Crippen molar-refractivity contribution in [1.29, 1.82) is 0 Å². The van der Waals surface area contributed by atoms with Crippen LogP contribution in [0.25, 0.3) is 6.08 Å². The molecule has 0 saturated carbocycles. The predicted molar refractivity (Wildman–Crippen MR) is 139 cm³/mol. The summed E-state index contributed by atoms with van der Waals surface area (Å²) in [6, 6.07) is 20.3. The third-order valence-corrected chi connectivity index (χ3v) is 5.04. The van der Waals surface area contributed by atoms with E-state index >= 15 is 0 Å². The lowest BCUT2D eigenvalue weighted by molar-refractivity contribution is -0.384. The van der Waals surface area contributed by atoms with E-state index in [-0.39, 0.29) is 17.9 Å². The zero-order valence-electron chi connectivity index (χ0n) is 19.8. The quantitative estimate of drug-likeness (QED) is 0.183. The zero-order valence-corrected chi connectivity index (χ0v) is 19.8. The Balaban J connectivity index is 1.81. The van der Waals surface area contributed by atoms with Crippen molar-refractivity contribution in [2.45, 2.75) is 6.54 Å². The molecule has 0 radical (unpaired) electrons. The standard InChI is InChI=1S/C27H22N4O7/c32-24(14-15-25(33)34)29-22-9-5-4-8-20(22)17-28-27(36)23(30-26(35)19-6-2-1-3-7-19)16-18-10-12-21(13-11-18)31(37)38/h1-16H,17H2,(H,28,36)(H,29,32)(H,30,35)(H,33,34)/b15-14+,23-16-. The first-order valence-electron chi connectivity index (χ1n) is 11.1. The maximum atomic E-state index is 13.1. The number of nitrogens with zero attached hydrogens (tertiary/aromatic N) is 1. The molecule has 3 aromatic carbocycles. The van der Waals surface area contributed by atoms with Gasteiger partial charge in [0.25, 0.3) is 17.5 Å². The Labute approximate surface area is 216 Å². The fourth-order valence-electron chi connectivity index (χ4n) is 3.19. The molecule has 0 aliphatic carbocycles. The minimum Gasteiger partial charge on any atom is -0.478 e. The van der Waals surface area contributed by atoms with E-state index in [4.69, 9.17) is 5.11 Å². The average molecular weight is 514 g/mol. The number of anilines is 1. The lowest BCUT2D eigenvalue weighted by Gasteiger charge is -2.13. The summed E-state index contributed by atoms with van der Waals surface area (Å²) in [6.07, 6.45) is 2.94. The summed E-state index contributed by atoms with van der Waals surface area (Å²) in [5.41, 5.74) is 1.38. The SMILES string of the molecule is O=C(O)/C=C/C(=O)Nc1ccccc1CNC(=O)/C(=C/c1ccc([N+](=O)[O-])cc1)NC(=O)c1ccccc1. The molecular formula is C27H22N4O7. The van der Waals surface area contributed by atoms with Crippen LogP contribution in [-0.2, 0) is 20.9 Å². The number of carboxylic acid groups (broad SMARTS) is 1. The highest BCUT2D eigenvalue weighted by Crippen LogP contribution is 2.17. The van der Waals surface area contributed by atoms with Crippen molar-refractivity contribution in [3.63, 3.8) is 0 Å². The number of hydrogen-bond acceptors (Lipinski definition) is 6. The minimum absolute atomic E-state index is 0.0449. The van der Waals surface area contributed by atoms with Gasteiger partial charge in [0.05, 0.1) is 4.92 Å². The molecule has 0 bridgehead atoms. The largest absolute Gasteiger partial charge is 0.478 e. The van der Waals surface area contributed by atoms with Crippen molar-refractivity contribution in [2.75, 3.05) is 5.32 Å². The summed E-state index contributed by atoms with van der Waals surface area (Å²) in [5, 5.41) is 27.4. The Kier molecular flexibility index (Phi) is 9.19. The number of carboxylic acids is 1. The van der Waals surface area contributed by atoms with Crippen LogP contribution in [0.1, 0.15) is 21.5 Å². The third kappa shape index (κ3) is 7.99. The van der Waals surface area contributed by atoms with Gasteiger partial charge >= 0.3 is 5.97 Å². The number of benzene rings is 3. The van der Waals surface area contributed by atoms with Crippen LogP contribution >= 0.6 is 0 Å². The highest BCUT2D eigenvalue weighted by molar-refractivity contribution is 6.05. The molecule has 0 heterocycles. The second-order valence-electron chi connectivity index (χ2n) is 7.73. The fraction of sp³-hybridized carbons (Fsp3) is 0.0370. The molecule has 0 spiro atoms. The maximum Gasteiger partial charge on any atom is 0.328 e. The molecule has 0 atom stereocenters. The fourth-order valence-corrected chi connectivity index (χ4v) is 3.19. The van der Waals surface area contributed by atoms with Gasteiger partial charge < -0.3 is 21.1 Å². The van der Waals surface area contributed by atoms with E-state index < -0.39 is 28.6 Å². The minimum atomic E-state index is -1.27. The van der Waals surface area contributed by atoms with E-state index in [2.05, 4.69) is 16.0 Å². The molecule has 0 aliphatic rings. The second-order valence-corrected chi connectivity index (χ2v) is 7.73. The Morgan fingerprint density at radius 2 is 1.53 bits per heavy atom. The summed E-state index contributed by atoms with van der Waals surface area (Å²) in [7, 11) is 0. The zero-order chi connectivity index (χ0) is 27.5. The topological polar surface area (TPSA) is 168 Å². The molecule has 11 nitrogen and oxygen atoms in total. The smallest absolute Gasteiger partial charge is 0.328 e. The summed E-state index contributed by atoms with van der Waals surface area (Å²) in [5.74, 6) is -3.13.